The van der Waals surface area contributed by atoms with E-state index in [9.17, 15) is 9.90 Å². The summed E-state index contributed by atoms with van der Waals surface area (Å²) in [6, 6.07) is 6.58. The van der Waals surface area contributed by atoms with Crippen molar-refractivity contribution in [3.05, 3.63) is 47.7 Å². The van der Waals surface area contributed by atoms with E-state index in [1.165, 1.54) is 12.2 Å². The molecular formula is C16H20O3. The van der Waals surface area contributed by atoms with Crippen molar-refractivity contribution >= 4 is 11.9 Å². The molecule has 0 aliphatic rings. The molecule has 1 aromatic rings. The fourth-order valence-electron chi connectivity index (χ4n) is 1.60. The number of unbranched alkanes of at least 4 members (excludes halogenated alkanes) is 2. The molecule has 0 atom stereocenters. The fourth-order valence-corrected chi connectivity index (χ4v) is 1.60. The number of benzene rings is 1. The van der Waals surface area contributed by atoms with Crippen LogP contribution in [-0.4, -0.2) is 16.0 Å². The largest absolute Gasteiger partial charge is 0.508 e. The van der Waals surface area contributed by atoms with Crippen LogP contribution in [0.15, 0.2) is 42.2 Å². The predicted octanol–water partition coefficient (Wildman–Crippen LogP) is 4.00. The summed E-state index contributed by atoms with van der Waals surface area (Å²) in [6.07, 6.45) is 7.86. The molecule has 0 heterocycles. The van der Waals surface area contributed by atoms with Crippen LogP contribution < -0.4 is 0 Å². The van der Waals surface area contributed by atoms with Crippen molar-refractivity contribution in [1.29, 1.82) is 0 Å². The molecule has 102 valence electrons. The van der Waals surface area contributed by atoms with Crippen molar-refractivity contribution < 1.29 is 15.0 Å². The minimum Gasteiger partial charge on any atom is -0.508 e. The lowest BCUT2D eigenvalue weighted by atomic mass is 10.1. The van der Waals surface area contributed by atoms with Gasteiger partial charge in [-0.2, -0.15) is 0 Å². The number of ketones is 1. The molecule has 2 N–H and O–H groups in total. The van der Waals surface area contributed by atoms with Gasteiger partial charge in [-0.3, -0.25) is 4.79 Å². The van der Waals surface area contributed by atoms with Crippen LogP contribution in [0.25, 0.3) is 6.08 Å². The number of allylic oxidation sites excluding steroid dienone is 2. The second-order valence-corrected chi connectivity index (χ2v) is 4.42. The highest BCUT2D eigenvalue weighted by Crippen LogP contribution is 2.11. The highest BCUT2D eigenvalue weighted by atomic mass is 16.3. The van der Waals surface area contributed by atoms with E-state index in [0.29, 0.717) is 6.42 Å². The van der Waals surface area contributed by atoms with Crippen LogP contribution in [0, 0.1) is 0 Å². The summed E-state index contributed by atoms with van der Waals surface area (Å²) in [5.74, 6) is 0.0962. The number of aliphatic hydroxyl groups is 1. The van der Waals surface area contributed by atoms with Crippen LogP contribution in [0.4, 0.5) is 0 Å². The van der Waals surface area contributed by atoms with Crippen LogP contribution in [0.5, 0.6) is 5.75 Å². The van der Waals surface area contributed by atoms with Crippen LogP contribution in [0.3, 0.4) is 0 Å². The third-order valence-electron chi connectivity index (χ3n) is 2.68. The van der Waals surface area contributed by atoms with Crippen molar-refractivity contribution in [2.24, 2.45) is 0 Å². The third kappa shape index (κ3) is 6.46. The highest BCUT2D eigenvalue weighted by molar-refractivity contribution is 5.90. The Bertz CT molecular complexity index is 455. The summed E-state index contributed by atoms with van der Waals surface area (Å²) in [5, 5.41) is 18.7. The SMILES string of the molecule is CCCCCC(=O)C=C(O)/C=C/c1ccc(O)cc1. The van der Waals surface area contributed by atoms with E-state index < -0.39 is 0 Å². The fraction of sp³-hybridized carbons (Fsp3) is 0.312. The Balaban J connectivity index is 2.51. The topological polar surface area (TPSA) is 57.5 Å². The summed E-state index contributed by atoms with van der Waals surface area (Å²) < 4.78 is 0. The molecule has 0 unspecified atom stereocenters. The van der Waals surface area contributed by atoms with Gasteiger partial charge in [-0.25, -0.2) is 0 Å². The second-order valence-electron chi connectivity index (χ2n) is 4.42. The van der Waals surface area contributed by atoms with E-state index in [-0.39, 0.29) is 17.3 Å². The quantitative estimate of drug-likeness (QED) is 0.337. The predicted molar refractivity (Wildman–Crippen MR) is 77.0 cm³/mol. The van der Waals surface area contributed by atoms with Gasteiger partial charge in [0, 0.05) is 12.5 Å². The summed E-state index contributed by atoms with van der Waals surface area (Å²) in [6.45, 7) is 2.08. The summed E-state index contributed by atoms with van der Waals surface area (Å²) in [4.78, 5) is 11.5. The van der Waals surface area contributed by atoms with Crippen molar-refractivity contribution in [2.75, 3.05) is 0 Å². The Hall–Kier alpha value is -2.03. The molecule has 1 aromatic carbocycles. The average molecular weight is 260 g/mol. The molecule has 0 saturated heterocycles. The van der Waals surface area contributed by atoms with Crippen molar-refractivity contribution in [1.82, 2.24) is 0 Å². The zero-order valence-corrected chi connectivity index (χ0v) is 11.2. The van der Waals surface area contributed by atoms with Crippen molar-refractivity contribution in [3.63, 3.8) is 0 Å². The molecule has 0 saturated carbocycles. The zero-order chi connectivity index (χ0) is 14.1. The Kier molecular flexibility index (Phi) is 6.44. The highest BCUT2D eigenvalue weighted by Gasteiger charge is 1.98. The summed E-state index contributed by atoms with van der Waals surface area (Å²) in [7, 11) is 0. The zero-order valence-electron chi connectivity index (χ0n) is 11.2. The van der Waals surface area contributed by atoms with Gasteiger partial charge in [-0.1, -0.05) is 38.0 Å². The lowest BCUT2D eigenvalue weighted by Gasteiger charge is -1.96. The van der Waals surface area contributed by atoms with Crippen LogP contribution in [-0.2, 0) is 4.79 Å². The second kappa shape index (κ2) is 8.14. The number of phenols is 1. The molecule has 0 fully saturated rings. The van der Waals surface area contributed by atoms with Gasteiger partial charge in [-0.05, 0) is 30.2 Å². The van der Waals surface area contributed by atoms with E-state index >= 15 is 0 Å². The van der Waals surface area contributed by atoms with Crippen LogP contribution >= 0.6 is 0 Å². The van der Waals surface area contributed by atoms with E-state index in [0.717, 1.165) is 24.8 Å². The monoisotopic (exact) mass is 260 g/mol. The van der Waals surface area contributed by atoms with Gasteiger partial charge in [-0.15, -0.1) is 0 Å². The van der Waals surface area contributed by atoms with Crippen molar-refractivity contribution in [2.45, 2.75) is 32.6 Å². The Morgan fingerprint density at radius 1 is 1.21 bits per heavy atom. The number of phenolic OH excluding ortho intramolecular Hbond substituents is 1. The van der Waals surface area contributed by atoms with Gasteiger partial charge in [0.15, 0.2) is 5.78 Å². The maximum Gasteiger partial charge on any atom is 0.159 e. The number of carbonyl (C=O) groups excluding carboxylic acids is 1. The van der Waals surface area contributed by atoms with Gasteiger partial charge in [0.1, 0.15) is 11.5 Å². The Morgan fingerprint density at radius 2 is 1.89 bits per heavy atom. The Labute approximate surface area is 113 Å². The van der Waals surface area contributed by atoms with Crippen LogP contribution in [0.2, 0.25) is 0 Å². The average Bonchev–Trinajstić information content (AvgIpc) is 2.38. The molecule has 0 spiro atoms. The van der Waals surface area contributed by atoms with Crippen molar-refractivity contribution in [3.8, 4) is 5.75 Å². The van der Waals surface area contributed by atoms with E-state index in [1.54, 1.807) is 30.3 Å². The lowest BCUT2D eigenvalue weighted by Crippen LogP contribution is -1.94. The smallest absolute Gasteiger partial charge is 0.159 e. The minimum atomic E-state index is -0.0543. The molecule has 0 aliphatic carbocycles. The third-order valence-corrected chi connectivity index (χ3v) is 2.68. The molecule has 3 heteroatoms. The minimum absolute atomic E-state index is 0.0467. The van der Waals surface area contributed by atoms with Gasteiger partial charge in [0.05, 0.1) is 0 Å². The van der Waals surface area contributed by atoms with E-state index in [4.69, 9.17) is 5.11 Å². The first-order valence-corrected chi connectivity index (χ1v) is 6.52. The summed E-state index contributed by atoms with van der Waals surface area (Å²) >= 11 is 0. The molecule has 0 bridgehead atoms. The van der Waals surface area contributed by atoms with Gasteiger partial charge >= 0.3 is 0 Å². The number of hydrogen-bond donors (Lipinski definition) is 2. The number of carbonyl (C=O) groups is 1. The number of hydrogen-bond acceptors (Lipinski definition) is 3. The van der Waals surface area contributed by atoms with Gasteiger partial charge < -0.3 is 10.2 Å². The molecule has 3 nitrogen and oxygen atoms in total. The standard InChI is InChI=1S/C16H20O3/c1-2-3-4-5-15(18)12-16(19)11-8-13-6-9-14(17)10-7-13/h6-12,17,19H,2-5H2,1H3/b11-8+,16-12?. The number of aliphatic hydroxyl groups excluding tert-OH is 1. The molecule has 0 aliphatic heterocycles. The molecule has 0 radical (unpaired) electrons. The molecule has 19 heavy (non-hydrogen) atoms. The number of aromatic hydroxyl groups is 1. The molecule has 1 rings (SSSR count). The van der Waals surface area contributed by atoms with Gasteiger partial charge in [0.2, 0.25) is 0 Å². The van der Waals surface area contributed by atoms with Gasteiger partial charge in [0.25, 0.3) is 0 Å². The Morgan fingerprint density at radius 3 is 2.53 bits per heavy atom. The maximum absolute atomic E-state index is 11.5. The lowest BCUT2D eigenvalue weighted by molar-refractivity contribution is -0.114. The molecule has 0 amide bonds. The van der Waals surface area contributed by atoms with E-state index in [1.807, 2.05) is 0 Å². The normalized spacial score (nSPS) is 11.9. The molecular weight excluding hydrogens is 240 g/mol. The first-order valence-electron chi connectivity index (χ1n) is 6.52. The molecule has 0 aromatic heterocycles. The van der Waals surface area contributed by atoms with E-state index in [2.05, 4.69) is 6.92 Å². The maximum atomic E-state index is 11.5. The number of rotatable bonds is 7. The first-order chi connectivity index (χ1) is 9.11. The first kappa shape index (κ1) is 15.0. The summed E-state index contributed by atoms with van der Waals surface area (Å²) in [5.41, 5.74) is 0.844. The van der Waals surface area contributed by atoms with Crippen LogP contribution in [0.1, 0.15) is 38.2 Å².